The normalized spacial score (nSPS) is 16.9. The summed E-state index contributed by atoms with van der Waals surface area (Å²) in [5, 5.41) is 19.1. The maximum atomic E-state index is 11.5. The summed E-state index contributed by atoms with van der Waals surface area (Å²) in [7, 11) is 0. The zero-order chi connectivity index (χ0) is 15.7. The van der Waals surface area contributed by atoms with Crippen LogP contribution < -0.4 is 0 Å². The topological polar surface area (TPSA) is 93.1 Å². The molecule has 6 nitrogen and oxygen atoms in total. The number of carbonyl (C=O) groups excluding carboxylic acids is 2. The van der Waals surface area contributed by atoms with E-state index in [-0.39, 0.29) is 25.0 Å². The fourth-order valence-electron chi connectivity index (χ4n) is 1.11. The lowest BCUT2D eigenvalue weighted by molar-refractivity contribution is -0.174. The number of esters is 2. The van der Waals surface area contributed by atoms with Crippen LogP contribution in [-0.4, -0.2) is 47.6 Å². The van der Waals surface area contributed by atoms with Crippen LogP contribution in [0.15, 0.2) is 0 Å². The average Bonchev–Trinajstić information content (AvgIpc) is 2.47. The second-order valence-corrected chi connectivity index (χ2v) is 5.18. The van der Waals surface area contributed by atoms with E-state index in [4.69, 9.17) is 9.47 Å². The van der Waals surface area contributed by atoms with Crippen LogP contribution in [0, 0.1) is 11.8 Å². The van der Waals surface area contributed by atoms with E-state index in [0.29, 0.717) is 0 Å². The Balaban J connectivity index is 4.20. The second-order valence-electron chi connectivity index (χ2n) is 5.18. The maximum absolute atomic E-state index is 11.5. The monoisotopic (exact) mass is 290 g/mol. The van der Waals surface area contributed by atoms with Crippen molar-refractivity contribution < 1.29 is 29.3 Å². The van der Waals surface area contributed by atoms with Gasteiger partial charge in [-0.3, -0.25) is 0 Å². The molecule has 0 aliphatic rings. The van der Waals surface area contributed by atoms with Gasteiger partial charge < -0.3 is 19.7 Å². The van der Waals surface area contributed by atoms with Crippen LogP contribution in [0.25, 0.3) is 0 Å². The van der Waals surface area contributed by atoms with Gasteiger partial charge in [0.15, 0.2) is 12.2 Å². The van der Waals surface area contributed by atoms with Gasteiger partial charge in [0.25, 0.3) is 0 Å². The summed E-state index contributed by atoms with van der Waals surface area (Å²) in [6, 6.07) is 0. The van der Waals surface area contributed by atoms with Gasteiger partial charge in [-0.1, -0.05) is 40.5 Å². The third-order valence-electron chi connectivity index (χ3n) is 3.20. The first-order valence-electron chi connectivity index (χ1n) is 7.02. The average molecular weight is 290 g/mol. The molecular formula is C14H26O6. The quantitative estimate of drug-likeness (QED) is 0.613. The molecule has 2 N–H and O–H groups in total. The zero-order valence-corrected chi connectivity index (χ0v) is 12.7. The van der Waals surface area contributed by atoms with Crippen molar-refractivity contribution in [2.24, 2.45) is 11.8 Å². The van der Waals surface area contributed by atoms with Gasteiger partial charge in [-0.2, -0.15) is 0 Å². The number of carbonyl (C=O) groups is 2. The van der Waals surface area contributed by atoms with Crippen molar-refractivity contribution in [1.82, 2.24) is 0 Å². The molecule has 0 aromatic rings. The minimum absolute atomic E-state index is 0.140. The standard InChI is InChI=1S/C14H26O6/c1-5-9(3)7-19-13(17)11(15)12(16)14(18)20-8-10(4)6-2/h9-12,15-16H,5-8H2,1-4H3. The molecule has 118 valence electrons. The van der Waals surface area contributed by atoms with E-state index in [1.807, 2.05) is 27.7 Å². The third kappa shape index (κ3) is 6.86. The molecule has 0 rings (SSSR count). The fraction of sp³-hybridized carbons (Fsp3) is 0.857. The second kappa shape index (κ2) is 9.72. The first-order valence-corrected chi connectivity index (χ1v) is 7.02. The van der Waals surface area contributed by atoms with Crippen LogP contribution in [0.1, 0.15) is 40.5 Å². The van der Waals surface area contributed by atoms with Crippen molar-refractivity contribution >= 4 is 11.9 Å². The Morgan fingerprint density at radius 2 is 1.15 bits per heavy atom. The molecule has 20 heavy (non-hydrogen) atoms. The van der Waals surface area contributed by atoms with Crippen molar-refractivity contribution in [3.8, 4) is 0 Å². The molecule has 0 amide bonds. The largest absolute Gasteiger partial charge is 0.463 e. The highest BCUT2D eigenvalue weighted by Crippen LogP contribution is 2.06. The van der Waals surface area contributed by atoms with Gasteiger partial charge in [-0.05, 0) is 11.8 Å². The molecule has 6 heteroatoms. The van der Waals surface area contributed by atoms with Crippen LogP contribution in [0.5, 0.6) is 0 Å². The highest BCUT2D eigenvalue weighted by Gasteiger charge is 2.33. The van der Waals surface area contributed by atoms with Gasteiger partial charge >= 0.3 is 11.9 Å². The highest BCUT2D eigenvalue weighted by molar-refractivity contribution is 5.85. The van der Waals surface area contributed by atoms with Gasteiger partial charge in [0.2, 0.25) is 0 Å². The number of hydrogen-bond acceptors (Lipinski definition) is 6. The molecule has 0 bridgehead atoms. The summed E-state index contributed by atoms with van der Waals surface area (Å²) >= 11 is 0. The zero-order valence-electron chi connectivity index (χ0n) is 12.7. The van der Waals surface area contributed by atoms with Crippen molar-refractivity contribution in [1.29, 1.82) is 0 Å². The van der Waals surface area contributed by atoms with Crippen molar-refractivity contribution in [2.45, 2.75) is 52.7 Å². The Morgan fingerprint density at radius 1 is 0.850 bits per heavy atom. The van der Waals surface area contributed by atoms with E-state index in [0.717, 1.165) is 12.8 Å². The number of hydrogen-bond donors (Lipinski definition) is 2. The van der Waals surface area contributed by atoms with E-state index >= 15 is 0 Å². The van der Waals surface area contributed by atoms with Gasteiger partial charge in [0.05, 0.1) is 13.2 Å². The Labute approximate surface area is 120 Å². The summed E-state index contributed by atoms with van der Waals surface area (Å²) < 4.78 is 9.64. The SMILES string of the molecule is CCC(C)COC(=O)C(O)C(O)C(=O)OCC(C)CC. The summed E-state index contributed by atoms with van der Waals surface area (Å²) in [6.07, 6.45) is -2.18. The van der Waals surface area contributed by atoms with Crippen LogP contribution in [-0.2, 0) is 19.1 Å². The maximum Gasteiger partial charge on any atom is 0.338 e. The van der Waals surface area contributed by atoms with E-state index in [2.05, 4.69) is 0 Å². The number of rotatable bonds is 9. The molecule has 0 aromatic carbocycles. The lowest BCUT2D eigenvalue weighted by Gasteiger charge is -2.18. The fourth-order valence-corrected chi connectivity index (χ4v) is 1.11. The van der Waals surface area contributed by atoms with Crippen molar-refractivity contribution in [3.63, 3.8) is 0 Å². The molecule has 0 aliphatic carbocycles. The molecule has 4 unspecified atom stereocenters. The van der Waals surface area contributed by atoms with Crippen LogP contribution >= 0.6 is 0 Å². The van der Waals surface area contributed by atoms with E-state index in [1.165, 1.54) is 0 Å². The van der Waals surface area contributed by atoms with Gasteiger partial charge in [0, 0.05) is 0 Å². The third-order valence-corrected chi connectivity index (χ3v) is 3.20. The molecule has 0 spiro atoms. The predicted octanol–water partition coefficient (Wildman–Crippen LogP) is 0.887. The van der Waals surface area contributed by atoms with Gasteiger partial charge in [-0.15, -0.1) is 0 Å². The number of aliphatic hydroxyl groups is 2. The Bertz CT molecular complexity index is 274. The van der Waals surface area contributed by atoms with E-state index in [1.54, 1.807) is 0 Å². The van der Waals surface area contributed by atoms with Crippen molar-refractivity contribution in [3.05, 3.63) is 0 Å². The molecule has 0 saturated heterocycles. The summed E-state index contributed by atoms with van der Waals surface area (Å²) in [6.45, 7) is 7.93. The summed E-state index contributed by atoms with van der Waals surface area (Å²) in [5.41, 5.74) is 0. The molecule has 0 aromatic heterocycles. The molecule has 0 fully saturated rings. The van der Waals surface area contributed by atoms with Crippen LogP contribution in [0.4, 0.5) is 0 Å². The summed E-state index contributed by atoms with van der Waals surface area (Å²) in [5.74, 6) is -1.72. The highest BCUT2D eigenvalue weighted by atomic mass is 16.6. The first-order chi connectivity index (χ1) is 9.33. The lowest BCUT2D eigenvalue weighted by atomic mass is 10.1. The number of ether oxygens (including phenoxy) is 2. The predicted molar refractivity (Wildman–Crippen MR) is 72.8 cm³/mol. The first kappa shape index (κ1) is 18.9. The molecule has 0 radical (unpaired) electrons. The molecular weight excluding hydrogens is 264 g/mol. The van der Waals surface area contributed by atoms with Crippen LogP contribution in [0.3, 0.4) is 0 Å². The summed E-state index contributed by atoms with van der Waals surface area (Å²) in [4.78, 5) is 22.9. The van der Waals surface area contributed by atoms with Crippen molar-refractivity contribution in [2.75, 3.05) is 13.2 Å². The molecule has 0 heterocycles. The van der Waals surface area contributed by atoms with E-state index < -0.39 is 24.1 Å². The Hall–Kier alpha value is -1.14. The van der Waals surface area contributed by atoms with Crippen LogP contribution in [0.2, 0.25) is 0 Å². The van der Waals surface area contributed by atoms with Gasteiger partial charge in [-0.25, -0.2) is 9.59 Å². The Kier molecular flexibility index (Phi) is 9.16. The lowest BCUT2D eigenvalue weighted by Crippen LogP contribution is -2.42. The van der Waals surface area contributed by atoms with E-state index in [9.17, 15) is 19.8 Å². The van der Waals surface area contributed by atoms with Gasteiger partial charge in [0.1, 0.15) is 0 Å². The molecule has 4 atom stereocenters. The molecule has 0 aliphatic heterocycles. The minimum atomic E-state index is -1.91. The molecule has 0 saturated carbocycles. The minimum Gasteiger partial charge on any atom is -0.463 e. The smallest absolute Gasteiger partial charge is 0.338 e. The Morgan fingerprint density at radius 3 is 1.40 bits per heavy atom. The number of aliphatic hydroxyl groups excluding tert-OH is 2.